The van der Waals surface area contributed by atoms with Gasteiger partial charge >= 0.3 is 0 Å². The van der Waals surface area contributed by atoms with Crippen LogP contribution in [0.5, 0.6) is 0 Å². The van der Waals surface area contributed by atoms with E-state index >= 15 is 0 Å². The molecule has 0 unspecified atom stereocenters. The predicted molar refractivity (Wildman–Crippen MR) is 45.3 cm³/mol. The van der Waals surface area contributed by atoms with E-state index in [9.17, 15) is 4.79 Å². The lowest BCUT2D eigenvalue weighted by molar-refractivity contribution is -0.136. The van der Waals surface area contributed by atoms with Crippen LogP contribution < -0.4 is 0 Å². The maximum Gasteiger partial charge on any atom is 0.223 e. The Balaban J connectivity index is 2.55. The second-order valence-electron chi connectivity index (χ2n) is 4.06. The summed E-state index contributed by atoms with van der Waals surface area (Å²) in [6.07, 6.45) is 1.87. The molecule has 1 aliphatic heterocycles. The molecular weight excluding hydrogens is 138 g/mol. The lowest BCUT2D eigenvalue weighted by Gasteiger charge is -2.35. The number of carbonyl (C=O) groups excluding carboxylic acids is 1. The van der Waals surface area contributed by atoms with Crippen molar-refractivity contribution in [1.29, 1.82) is 0 Å². The monoisotopic (exact) mass is 155 g/mol. The van der Waals surface area contributed by atoms with Crippen LogP contribution in [-0.2, 0) is 4.79 Å². The average molecular weight is 155 g/mol. The Labute approximate surface area is 68.6 Å². The molecule has 1 aliphatic rings. The number of piperidine rings is 1. The lowest BCUT2D eigenvalue weighted by atomic mass is 9.82. The molecule has 1 rings (SSSR count). The molecule has 64 valence electrons. The van der Waals surface area contributed by atoms with E-state index in [1.807, 2.05) is 11.8 Å². The smallest absolute Gasteiger partial charge is 0.223 e. The number of nitrogens with zero attached hydrogens (tertiary/aromatic N) is 1. The van der Waals surface area contributed by atoms with Gasteiger partial charge in [0.15, 0.2) is 0 Å². The number of carbonyl (C=O) groups is 1. The van der Waals surface area contributed by atoms with Crippen molar-refractivity contribution in [3.05, 3.63) is 0 Å². The van der Waals surface area contributed by atoms with Crippen LogP contribution in [0, 0.1) is 5.41 Å². The highest BCUT2D eigenvalue weighted by Gasteiger charge is 2.30. The first kappa shape index (κ1) is 8.57. The first-order chi connectivity index (χ1) is 5.05. The summed E-state index contributed by atoms with van der Waals surface area (Å²) in [6.45, 7) is 8.18. The summed E-state index contributed by atoms with van der Waals surface area (Å²) in [5, 5.41) is 0. The Kier molecular flexibility index (Phi) is 2.21. The topological polar surface area (TPSA) is 20.3 Å². The van der Waals surface area contributed by atoms with Crippen LogP contribution in [0.15, 0.2) is 0 Å². The van der Waals surface area contributed by atoms with Gasteiger partial charge in [0.05, 0.1) is 0 Å². The van der Waals surface area contributed by atoms with Gasteiger partial charge in [-0.05, 0) is 18.8 Å². The SMILES string of the molecule is CCN1CCC(C)(C)CC1=O. The summed E-state index contributed by atoms with van der Waals surface area (Å²) in [6, 6.07) is 0. The van der Waals surface area contributed by atoms with Gasteiger partial charge in [0.1, 0.15) is 0 Å². The van der Waals surface area contributed by atoms with E-state index in [0.717, 1.165) is 25.9 Å². The second-order valence-corrected chi connectivity index (χ2v) is 4.06. The summed E-state index contributed by atoms with van der Waals surface area (Å²) in [4.78, 5) is 13.3. The fraction of sp³-hybridized carbons (Fsp3) is 0.889. The zero-order chi connectivity index (χ0) is 8.48. The van der Waals surface area contributed by atoms with Crippen LogP contribution in [0.4, 0.5) is 0 Å². The normalized spacial score (nSPS) is 23.9. The molecule has 11 heavy (non-hydrogen) atoms. The second kappa shape index (κ2) is 2.84. The van der Waals surface area contributed by atoms with Crippen molar-refractivity contribution in [2.24, 2.45) is 5.41 Å². The van der Waals surface area contributed by atoms with Gasteiger partial charge in [-0.25, -0.2) is 0 Å². The van der Waals surface area contributed by atoms with Gasteiger partial charge in [-0.2, -0.15) is 0 Å². The summed E-state index contributed by atoms with van der Waals surface area (Å²) in [5.74, 6) is 0.323. The molecular formula is C9H17NO. The molecule has 1 amide bonds. The Hall–Kier alpha value is -0.530. The highest BCUT2D eigenvalue weighted by molar-refractivity contribution is 5.77. The standard InChI is InChI=1S/C9H17NO/c1-4-10-6-5-9(2,3)7-8(10)11/h4-7H2,1-3H3. The van der Waals surface area contributed by atoms with Gasteiger partial charge in [0.2, 0.25) is 5.91 Å². The van der Waals surface area contributed by atoms with E-state index in [0.29, 0.717) is 5.91 Å². The molecule has 1 heterocycles. The molecule has 0 spiro atoms. The molecule has 1 fully saturated rings. The number of likely N-dealkylation sites (tertiary alicyclic amines) is 1. The van der Waals surface area contributed by atoms with Gasteiger partial charge in [-0.15, -0.1) is 0 Å². The van der Waals surface area contributed by atoms with E-state index in [4.69, 9.17) is 0 Å². The maximum absolute atomic E-state index is 11.4. The number of hydrogen-bond donors (Lipinski definition) is 0. The molecule has 0 aromatic heterocycles. The molecule has 0 bridgehead atoms. The van der Waals surface area contributed by atoms with E-state index in [2.05, 4.69) is 13.8 Å². The summed E-state index contributed by atoms with van der Waals surface area (Å²) < 4.78 is 0. The zero-order valence-electron chi connectivity index (χ0n) is 7.68. The molecule has 2 nitrogen and oxygen atoms in total. The molecule has 0 atom stereocenters. The van der Waals surface area contributed by atoms with Crippen LogP contribution in [0.25, 0.3) is 0 Å². The molecule has 0 saturated carbocycles. The fourth-order valence-electron chi connectivity index (χ4n) is 1.51. The maximum atomic E-state index is 11.4. The highest BCUT2D eigenvalue weighted by atomic mass is 16.2. The molecule has 0 aromatic rings. The van der Waals surface area contributed by atoms with Gasteiger partial charge in [-0.1, -0.05) is 13.8 Å². The van der Waals surface area contributed by atoms with Gasteiger partial charge in [0.25, 0.3) is 0 Å². The van der Waals surface area contributed by atoms with Gasteiger partial charge in [0, 0.05) is 19.5 Å². The summed E-state index contributed by atoms with van der Waals surface area (Å²) in [5.41, 5.74) is 0.239. The minimum Gasteiger partial charge on any atom is -0.343 e. The molecule has 0 radical (unpaired) electrons. The van der Waals surface area contributed by atoms with Crippen LogP contribution >= 0.6 is 0 Å². The molecule has 1 saturated heterocycles. The largest absolute Gasteiger partial charge is 0.343 e. The quantitative estimate of drug-likeness (QED) is 0.564. The predicted octanol–water partition coefficient (Wildman–Crippen LogP) is 1.65. The van der Waals surface area contributed by atoms with Crippen molar-refractivity contribution in [3.8, 4) is 0 Å². The lowest BCUT2D eigenvalue weighted by Crippen LogP contribution is -2.41. The van der Waals surface area contributed by atoms with Crippen LogP contribution in [0.1, 0.15) is 33.6 Å². The molecule has 0 aromatic carbocycles. The van der Waals surface area contributed by atoms with E-state index in [-0.39, 0.29) is 5.41 Å². The minimum atomic E-state index is 0.239. The van der Waals surface area contributed by atoms with Crippen molar-refractivity contribution in [2.75, 3.05) is 13.1 Å². The highest BCUT2D eigenvalue weighted by Crippen LogP contribution is 2.30. The third kappa shape index (κ3) is 1.95. The van der Waals surface area contributed by atoms with Crippen molar-refractivity contribution in [2.45, 2.75) is 33.6 Å². The van der Waals surface area contributed by atoms with Crippen molar-refractivity contribution >= 4 is 5.91 Å². The average Bonchev–Trinajstić information content (AvgIpc) is 1.86. The number of amides is 1. The van der Waals surface area contributed by atoms with Crippen LogP contribution in [0.2, 0.25) is 0 Å². The Morgan fingerprint density at radius 1 is 1.55 bits per heavy atom. The summed E-state index contributed by atoms with van der Waals surface area (Å²) >= 11 is 0. The van der Waals surface area contributed by atoms with Gasteiger partial charge in [-0.3, -0.25) is 4.79 Å². The van der Waals surface area contributed by atoms with Crippen LogP contribution in [0.3, 0.4) is 0 Å². The van der Waals surface area contributed by atoms with E-state index in [1.54, 1.807) is 0 Å². The van der Waals surface area contributed by atoms with E-state index in [1.165, 1.54) is 0 Å². The fourth-order valence-corrected chi connectivity index (χ4v) is 1.51. The van der Waals surface area contributed by atoms with Crippen LogP contribution in [-0.4, -0.2) is 23.9 Å². The molecule has 0 aliphatic carbocycles. The minimum absolute atomic E-state index is 0.239. The summed E-state index contributed by atoms with van der Waals surface area (Å²) in [7, 11) is 0. The first-order valence-electron chi connectivity index (χ1n) is 4.33. The Bertz CT molecular complexity index is 163. The van der Waals surface area contributed by atoms with E-state index < -0.39 is 0 Å². The van der Waals surface area contributed by atoms with Crippen molar-refractivity contribution in [1.82, 2.24) is 4.90 Å². The first-order valence-corrected chi connectivity index (χ1v) is 4.33. The third-order valence-corrected chi connectivity index (χ3v) is 2.42. The van der Waals surface area contributed by atoms with Gasteiger partial charge < -0.3 is 4.90 Å². The van der Waals surface area contributed by atoms with Crippen molar-refractivity contribution < 1.29 is 4.79 Å². The zero-order valence-corrected chi connectivity index (χ0v) is 7.68. The third-order valence-electron chi connectivity index (χ3n) is 2.42. The molecule has 0 N–H and O–H groups in total. The number of rotatable bonds is 1. The Morgan fingerprint density at radius 3 is 2.64 bits per heavy atom. The Morgan fingerprint density at radius 2 is 2.18 bits per heavy atom. The van der Waals surface area contributed by atoms with Crippen molar-refractivity contribution in [3.63, 3.8) is 0 Å². The number of hydrogen-bond acceptors (Lipinski definition) is 1. The molecule has 2 heteroatoms.